The van der Waals surface area contributed by atoms with Gasteiger partial charge in [-0.2, -0.15) is 0 Å². The second-order valence-electron chi connectivity index (χ2n) is 8.28. The van der Waals surface area contributed by atoms with Gasteiger partial charge in [-0.25, -0.2) is 0 Å². The van der Waals surface area contributed by atoms with Crippen LogP contribution in [0.1, 0.15) is 25.3 Å². The van der Waals surface area contributed by atoms with Crippen molar-refractivity contribution < 1.29 is 9.59 Å². The van der Waals surface area contributed by atoms with Crippen molar-refractivity contribution in [1.82, 2.24) is 19.7 Å². The van der Waals surface area contributed by atoms with E-state index in [1.54, 1.807) is 13.1 Å². The molecule has 1 aromatic carbocycles. The Morgan fingerprint density at radius 3 is 2.30 bits per heavy atom. The zero-order valence-corrected chi connectivity index (χ0v) is 17.7. The molecule has 4 rings (SSSR count). The number of aromatic nitrogens is 1. The van der Waals surface area contributed by atoms with E-state index in [-0.39, 0.29) is 17.7 Å². The number of piperazine rings is 1. The first kappa shape index (κ1) is 20.5. The Kier molecular flexibility index (Phi) is 6.43. The molecule has 3 heterocycles. The number of likely N-dealkylation sites (tertiary alicyclic amines) is 1. The van der Waals surface area contributed by atoms with Gasteiger partial charge in [0, 0.05) is 63.5 Å². The molecule has 0 N–H and O–H groups in total. The predicted molar refractivity (Wildman–Crippen MR) is 117 cm³/mol. The number of pyridine rings is 1. The van der Waals surface area contributed by atoms with Crippen LogP contribution >= 0.6 is 0 Å². The number of amides is 2. The van der Waals surface area contributed by atoms with Crippen LogP contribution in [0.15, 0.2) is 48.8 Å². The molecule has 0 bridgehead atoms. The average Bonchev–Trinajstić information content (AvgIpc) is 2.80. The Hall–Kier alpha value is -2.73. The number of piperidine rings is 1. The monoisotopic (exact) mass is 406 g/mol. The highest BCUT2D eigenvalue weighted by atomic mass is 16.2. The summed E-state index contributed by atoms with van der Waals surface area (Å²) in [6.07, 6.45) is 5.52. The molecule has 6 heteroatoms. The summed E-state index contributed by atoms with van der Waals surface area (Å²) in [5.74, 6) is 0.481. The first-order chi connectivity index (χ1) is 14.6. The molecule has 2 fully saturated rings. The summed E-state index contributed by atoms with van der Waals surface area (Å²) in [5, 5.41) is 0. The van der Waals surface area contributed by atoms with Gasteiger partial charge in [-0.15, -0.1) is 0 Å². The summed E-state index contributed by atoms with van der Waals surface area (Å²) in [5.41, 5.74) is 3.67. The first-order valence-electron chi connectivity index (χ1n) is 10.9. The van der Waals surface area contributed by atoms with Crippen molar-refractivity contribution in [1.29, 1.82) is 0 Å². The maximum Gasteiger partial charge on any atom is 0.225 e. The molecule has 2 aliphatic heterocycles. The predicted octanol–water partition coefficient (Wildman–Crippen LogP) is 2.65. The van der Waals surface area contributed by atoms with Crippen molar-refractivity contribution in [3.63, 3.8) is 0 Å². The zero-order chi connectivity index (χ0) is 20.9. The lowest BCUT2D eigenvalue weighted by molar-refractivity contribution is -0.142. The molecule has 0 atom stereocenters. The summed E-state index contributed by atoms with van der Waals surface area (Å²) >= 11 is 0. The Balaban J connectivity index is 1.32. The summed E-state index contributed by atoms with van der Waals surface area (Å²) in [7, 11) is 0. The third-order valence-corrected chi connectivity index (χ3v) is 6.36. The fraction of sp³-hybridized carbons (Fsp3) is 0.458. The van der Waals surface area contributed by atoms with Crippen molar-refractivity contribution in [3.8, 4) is 11.1 Å². The second-order valence-corrected chi connectivity index (χ2v) is 8.28. The van der Waals surface area contributed by atoms with Gasteiger partial charge in [0.2, 0.25) is 11.8 Å². The van der Waals surface area contributed by atoms with Gasteiger partial charge in [0.05, 0.1) is 0 Å². The number of benzene rings is 1. The van der Waals surface area contributed by atoms with Gasteiger partial charge in [-0.3, -0.25) is 19.5 Å². The summed E-state index contributed by atoms with van der Waals surface area (Å²) in [6, 6.07) is 12.6. The normalized spacial score (nSPS) is 18.4. The highest BCUT2D eigenvalue weighted by molar-refractivity contribution is 5.79. The Morgan fingerprint density at radius 1 is 0.933 bits per heavy atom. The van der Waals surface area contributed by atoms with Gasteiger partial charge < -0.3 is 9.80 Å². The Morgan fingerprint density at radius 2 is 1.63 bits per heavy atom. The third-order valence-electron chi connectivity index (χ3n) is 6.36. The third kappa shape index (κ3) is 4.70. The minimum absolute atomic E-state index is 0.0990. The first-order valence-corrected chi connectivity index (χ1v) is 10.9. The van der Waals surface area contributed by atoms with Crippen LogP contribution in [0, 0.1) is 5.92 Å². The van der Waals surface area contributed by atoms with Crippen molar-refractivity contribution >= 4 is 11.8 Å². The smallest absolute Gasteiger partial charge is 0.225 e. The molecule has 0 unspecified atom stereocenters. The van der Waals surface area contributed by atoms with E-state index in [1.807, 2.05) is 22.1 Å². The van der Waals surface area contributed by atoms with E-state index in [0.29, 0.717) is 26.2 Å². The average molecular weight is 407 g/mol. The molecule has 0 spiro atoms. The number of hydrogen-bond acceptors (Lipinski definition) is 4. The molecule has 2 aliphatic rings. The SMILES string of the molecule is CC(=O)N1CCN(C(=O)C2CCN(Cc3ccccc3-c3cccnc3)CC2)CC1. The maximum absolute atomic E-state index is 12.9. The number of carbonyl (C=O) groups excluding carboxylic acids is 2. The minimum Gasteiger partial charge on any atom is -0.339 e. The summed E-state index contributed by atoms with van der Waals surface area (Å²) in [4.78, 5) is 34.9. The van der Waals surface area contributed by atoms with Crippen LogP contribution in [0.25, 0.3) is 11.1 Å². The van der Waals surface area contributed by atoms with Crippen LogP contribution in [0.3, 0.4) is 0 Å². The van der Waals surface area contributed by atoms with Crippen molar-refractivity contribution in [3.05, 3.63) is 54.4 Å². The van der Waals surface area contributed by atoms with E-state index in [0.717, 1.165) is 38.0 Å². The standard InChI is InChI=1S/C24H30N4O2/c1-19(29)27-13-15-28(16-14-27)24(30)20-8-11-26(12-9-20)18-22-5-2-3-7-23(22)21-6-4-10-25-17-21/h2-7,10,17,20H,8-9,11-16,18H2,1H3. The lowest BCUT2D eigenvalue weighted by Crippen LogP contribution is -2.52. The van der Waals surface area contributed by atoms with Crippen LogP contribution in [0.5, 0.6) is 0 Å². The fourth-order valence-electron chi connectivity index (χ4n) is 4.54. The van der Waals surface area contributed by atoms with Gasteiger partial charge in [0.1, 0.15) is 0 Å². The molecule has 0 aliphatic carbocycles. The molecule has 1 aromatic heterocycles. The molecule has 158 valence electrons. The van der Waals surface area contributed by atoms with Crippen LogP contribution in [-0.2, 0) is 16.1 Å². The Bertz CT molecular complexity index is 870. The molecule has 6 nitrogen and oxygen atoms in total. The summed E-state index contributed by atoms with van der Waals surface area (Å²) < 4.78 is 0. The number of carbonyl (C=O) groups is 2. The van der Waals surface area contributed by atoms with Gasteiger partial charge in [0.15, 0.2) is 0 Å². The Labute approximate surface area is 178 Å². The highest BCUT2D eigenvalue weighted by Gasteiger charge is 2.30. The van der Waals surface area contributed by atoms with E-state index >= 15 is 0 Å². The number of rotatable bonds is 4. The quantitative estimate of drug-likeness (QED) is 0.783. The summed E-state index contributed by atoms with van der Waals surface area (Å²) in [6.45, 7) is 7.00. The molecule has 2 saturated heterocycles. The van der Waals surface area contributed by atoms with Crippen LogP contribution in [0.4, 0.5) is 0 Å². The number of nitrogens with zero attached hydrogens (tertiary/aromatic N) is 4. The van der Waals surface area contributed by atoms with Gasteiger partial charge in [-0.1, -0.05) is 30.3 Å². The van der Waals surface area contributed by atoms with Gasteiger partial charge in [0.25, 0.3) is 0 Å². The molecular weight excluding hydrogens is 376 g/mol. The fourth-order valence-corrected chi connectivity index (χ4v) is 4.54. The van der Waals surface area contributed by atoms with Crippen molar-refractivity contribution in [2.45, 2.75) is 26.3 Å². The minimum atomic E-state index is 0.0990. The zero-order valence-electron chi connectivity index (χ0n) is 17.7. The second kappa shape index (κ2) is 9.39. The van der Waals surface area contributed by atoms with Crippen LogP contribution in [0.2, 0.25) is 0 Å². The van der Waals surface area contributed by atoms with Gasteiger partial charge >= 0.3 is 0 Å². The van der Waals surface area contributed by atoms with Crippen molar-refractivity contribution in [2.75, 3.05) is 39.3 Å². The van der Waals surface area contributed by atoms with Gasteiger partial charge in [-0.05, 0) is 43.1 Å². The molecule has 30 heavy (non-hydrogen) atoms. The largest absolute Gasteiger partial charge is 0.339 e. The van der Waals surface area contributed by atoms with E-state index in [4.69, 9.17) is 0 Å². The molecular formula is C24H30N4O2. The molecule has 2 aromatic rings. The van der Waals surface area contributed by atoms with Crippen molar-refractivity contribution in [2.24, 2.45) is 5.92 Å². The lowest BCUT2D eigenvalue weighted by Gasteiger charge is -2.38. The maximum atomic E-state index is 12.9. The van der Waals surface area contributed by atoms with E-state index in [2.05, 4.69) is 40.2 Å². The number of hydrogen-bond donors (Lipinski definition) is 0. The highest BCUT2D eigenvalue weighted by Crippen LogP contribution is 2.27. The molecule has 2 amide bonds. The van der Waals surface area contributed by atoms with Crippen LogP contribution < -0.4 is 0 Å². The van der Waals surface area contributed by atoms with E-state index < -0.39 is 0 Å². The van der Waals surface area contributed by atoms with E-state index in [9.17, 15) is 9.59 Å². The molecule has 0 radical (unpaired) electrons. The topological polar surface area (TPSA) is 56.8 Å². The molecule has 0 saturated carbocycles. The van der Waals surface area contributed by atoms with Crippen LogP contribution in [-0.4, -0.2) is 70.8 Å². The van der Waals surface area contributed by atoms with E-state index in [1.165, 1.54) is 11.1 Å². The lowest BCUT2D eigenvalue weighted by atomic mass is 9.94.